The van der Waals surface area contributed by atoms with Crippen LogP contribution in [0.1, 0.15) is 62.0 Å². The van der Waals surface area contributed by atoms with Crippen LogP contribution in [0.4, 0.5) is 0 Å². The number of hydrogen-bond acceptors (Lipinski definition) is 2. The summed E-state index contributed by atoms with van der Waals surface area (Å²) in [6.45, 7) is 8.62. The molecule has 2 nitrogen and oxygen atoms in total. The quantitative estimate of drug-likeness (QED) is 0.517. The van der Waals surface area contributed by atoms with Gasteiger partial charge in [-0.2, -0.15) is 0 Å². The van der Waals surface area contributed by atoms with Crippen LogP contribution in [0, 0.1) is 0 Å². The fourth-order valence-corrected chi connectivity index (χ4v) is 2.56. The Balaban J connectivity index is 2.20. The van der Waals surface area contributed by atoms with Gasteiger partial charge in [0.1, 0.15) is 5.75 Å². The first kappa shape index (κ1) is 17.3. The largest absolute Gasteiger partial charge is 0.423 e. The summed E-state index contributed by atoms with van der Waals surface area (Å²) in [5.41, 5.74) is 2.88. The number of rotatable bonds is 6. The lowest BCUT2D eigenvalue weighted by molar-refractivity contribution is 0.0731. The summed E-state index contributed by atoms with van der Waals surface area (Å²) in [6.07, 6.45) is 3.11. The minimum absolute atomic E-state index is 0.0259. The SMILES string of the molecule is CCCc1ccc(C(=O)Oc2ccccc2C(C)(C)CC)cc1. The van der Waals surface area contributed by atoms with Crippen LogP contribution in [0.5, 0.6) is 5.75 Å². The Hall–Kier alpha value is -2.09. The molecule has 0 radical (unpaired) electrons. The molecule has 0 spiro atoms. The molecule has 23 heavy (non-hydrogen) atoms. The van der Waals surface area contributed by atoms with Crippen molar-refractivity contribution >= 4 is 5.97 Å². The second-order valence-corrected chi connectivity index (χ2v) is 6.57. The topological polar surface area (TPSA) is 26.3 Å². The molecule has 2 aromatic carbocycles. The van der Waals surface area contributed by atoms with E-state index in [9.17, 15) is 4.79 Å². The van der Waals surface area contributed by atoms with E-state index < -0.39 is 0 Å². The van der Waals surface area contributed by atoms with Crippen molar-refractivity contribution in [3.63, 3.8) is 0 Å². The monoisotopic (exact) mass is 310 g/mol. The smallest absolute Gasteiger partial charge is 0.343 e. The number of hydrogen-bond donors (Lipinski definition) is 0. The van der Waals surface area contributed by atoms with Gasteiger partial charge in [-0.1, -0.05) is 64.4 Å². The number of ether oxygens (including phenoxy) is 1. The van der Waals surface area contributed by atoms with E-state index in [4.69, 9.17) is 4.74 Å². The van der Waals surface area contributed by atoms with Crippen LogP contribution < -0.4 is 4.74 Å². The number of esters is 1. The van der Waals surface area contributed by atoms with Gasteiger partial charge in [-0.3, -0.25) is 0 Å². The van der Waals surface area contributed by atoms with Gasteiger partial charge in [0.05, 0.1) is 5.56 Å². The highest BCUT2D eigenvalue weighted by Gasteiger charge is 2.23. The molecule has 0 N–H and O–H groups in total. The van der Waals surface area contributed by atoms with Crippen molar-refractivity contribution in [1.29, 1.82) is 0 Å². The van der Waals surface area contributed by atoms with Gasteiger partial charge in [-0.15, -0.1) is 0 Å². The molecule has 0 aromatic heterocycles. The molecule has 0 fully saturated rings. The molecule has 0 saturated carbocycles. The van der Waals surface area contributed by atoms with Gasteiger partial charge in [0, 0.05) is 5.56 Å². The molecule has 0 bridgehead atoms. The predicted octanol–water partition coefficient (Wildman–Crippen LogP) is 5.55. The fraction of sp³-hybridized carbons (Fsp3) is 0.381. The molecule has 0 saturated heterocycles. The van der Waals surface area contributed by atoms with Crippen molar-refractivity contribution in [3.8, 4) is 5.75 Å². The first-order valence-corrected chi connectivity index (χ1v) is 8.38. The molecule has 0 amide bonds. The van der Waals surface area contributed by atoms with E-state index in [1.807, 2.05) is 48.5 Å². The van der Waals surface area contributed by atoms with Gasteiger partial charge in [0.15, 0.2) is 0 Å². The maximum atomic E-state index is 12.4. The molecule has 0 aliphatic carbocycles. The van der Waals surface area contributed by atoms with Crippen molar-refractivity contribution < 1.29 is 9.53 Å². The van der Waals surface area contributed by atoms with Crippen molar-refractivity contribution in [2.75, 3.05) is 0 Å². The Bertz CT molecular complexity index is 654. The molecule has 0 aliphatic rings. The van der Waals surface area contributed by atoms with Crippen LogP contribution in [-0.4, -0.2) is 5.97 Å². The number of para-hydroxylation sites is 1. The summed E-state index contributed by atoms with van der Waals surface area (Å²) in [6, 6.07) is 15.5. The minimum Gasteiger partial charge on any atom is -0.423 e. The van der Waals surface area contributed by atoms with Gasteiger partial charge >= 0.3 is 5.97 Å². The van der Waals surface area contributed by atoms with E-state index in [2.05, 4.69) is 27.7 Å². The Morgan fingerprint density at radius 3 is 2.26 bits per heavy atom. The van der Waals surface area contributed by atoms with Crippen LogP contribution in [0.3, 0.4) is 0 Å². The summed E-state index contributed by atoms with van der Waals surface area (Å²) in [7, 11) is 0. The van der Waals surface area contributed by atoms with Crippen molar-refractivity contribution in [2.45, 2.75) is 52.4 Å². The number of carbonyl (C=O) groups is 1. The van der Waals surface area contributed by atoms with Crippen molar-refractivity contribution in [2.24, 2.45) is 0 Å². The van der Waals surface area contributed by atoms with Crippen LogP contribution in [0.15, 0.2) is 48.5 Å². The second kappa shape index (κ2) is 7.45. The third-order valence-electron chi connectivity index (χ3n) is 4.43. The summed E-state index contributed by atoms with van der Waals surface area (Å²) < 4.78 is 5.68. The van der Waals surface area contributed by atoms with Crippen LogP contribution in [0.25, 0.3) is 0 Å². The molecule has 0 atom stereocenters. The first-order valence-electron chi connectivity index (χ1n) is 8.38. The zero-order valence-electron chi connectivity index (χ0n) is 14.6. The Morgan fingerprint density at radius 1 is 1.00 bits per heavy atom. The number of carbonyl (C=O) groups excluding carboxylic acids is 1. The summed E-state index contributed by atoms with van der Waals surface area (Å²) in [5.74, 6) is 0.356. The molecule has 2 rings (SSSR count). The third-order valence-corrected chi connectivity index (χ3v) is 4.43. The molecule has 0 aliphatic heterocycles. The van der Waals surface area contributed by atoms with Crippen molar-refractivity contribution in [3.05, 3.63) is 65.2 Å². The predicted molar refractivity (Wildman–Crippen MR) is 95.2 cm³/mol. The Morgan fingerprint density at radius 2 is 1.65 bits per heavy atom. The Labute approximate surface area is 139 Å². The maximum absolute atomic E-state index is 12.4. The van der Waals surface area contributed by atoms with E-state index >= 15 is 0 Å². The van der Waals surface area contributed by atoms with E-state index in [-0.39, 0.29) is 11.4 Å². The molecule has 0 unspecified atom stereocenters. The molecule has 0 heterocycles. The summed E-state index contributed by atoms with van der Waals surface area (Å²) in [4.78, 5) is 12.4. The average molecular weight is 310 g/mol. The Kier molecular flexibility index (Phi) is 5.59. The molecular formula is C21H26O2. The van der Waals surface area contributed by atoms with Gasteiger partial charge in [0.25, 0.3) is 0 Å². The second-order valence-electron chi connectivity index (χ2n) is 6.57. The third kappa shape index (κ3) is 4.22. The maximum Gasteiger partial charge on any atom is 0.343 e. The molecule has 2 heteroatoms. The minimum atomic E-state index is -0.299. The van der Waals surface area contributed by atoms with Gasteiger partial charge < -0.3 is 4.74 Å². The zero-order chi connectivity index (χ0) is 16.9. The lowest BCUT2D eigenvalue weighted by Gasteiger charge is -2.25. The van der Waals surface area contributed by atoms with Gasteiger partial charge in [-0.25, -0.2) is 4.79 Å². The summed E-state index contributed by atoms with van der Waals surface area (Å²) in [5, 5.41) is 0. The van der Waals surface area contributed by atoms with Gasteiger partial charge in [-0.05, 0) is 42.0 Å². The van der Waals surface area contributed by atoms with Gasteiger partial charge in [0.2, 0.25) is 0 Å². The fourth-order valence-electron chi connectivity index (χ4n) is 2.56. The lowest BCUT2D eigenvalue weighted by atomic mass is 9.82. The highest BCUT2D eigenvalue weighted by molar-refractivity contribution is 5.91. The number of aryl methyl sites for hydroxylation is 1. The average Bonchev–Trinajstić information content (AvgIpc) is 2.56. The zero-order valence-corrected chi connectivity index (χ0v) is 14.6. The van der Waals surface area contributed by atoms with Crippen molar-refractivity contribution in [1.82, 2.24) is 0 Å². The standard InChI is InChI=1S/C21H26O2/c1-5-9-16-12-14-17(15-13-16)20(22)23-19-11-8-7-10-18(19)21(3,4)6-2/h7-8,10-15H,5-6,9H2,1-4H3. The van der Waals surface area contributed by atoms with E-state index in [1.165, 1.54) is 5.56 Å². The van der Waals surface area contributed by atoms with E-state index in [0.717, 1.165) is 24.8 Å². The van der Waals surface area contributed by atoms with E-state index in [1.54, 1.807) is 0 Å². The lowest BCUT2D eigenvalue weighted by Crippen LogP contribution is -2.19. The first-order chi connectivity index (χ1) is 11.0. The van der Waals surface area contributed by atoms with Crippen LogP contribution >= 0.6 is 0 Å². The van der Waals surface area contributed by atoms with E-state index in [0.29, 0.717) is 11.3 Å². The molecule has 122 valence electrons. The summed E-state index contributed by atoms with van der Waals surface area (Å²) >= 11 is 0. The molecule has 2 aromatic rings. The molecular weight excluding hydrogens is 284 g/mol. The normalized spacial score (nSPS) is 11.3. The highest BCUT2D eigenvalue weighted by atomic mass is 16.5. The van der Waals surface area contributed by atoms with Crippen LogP contribution in [0.2, 0.25) is 0 Å². The number of benzene rings is 2. The highest BCUT2D eigenvalue weighted by Crippen LogP contribution is 2.34. The van der Waals surface area contributed by atoms with Crippen LogP contribution in [-0.2, 0) is 11.8 Å².